The average molecular weight is 413 g/mol. The standard InChI is InChI=1S/C21H23N3O4S/c1-5-16(24-11-22-19-17(20(24)26)12(3)13(4)29-19)18(25)23-15-9-7-8-14(10-15)21(27)28-6-2/h7-11,16H,5-6H2,1-4H3,(H,23,25). The molecule has 8 heteroatoms. The zero-order valence-corrected chi connectivity index (χ0v) is 17.6. The third kappa shape index (κ3) is 4.07. The first-order chi connectivity index (χ1) is 13.9. The van der Waals surface area contributed by atoms with Gasteiger partial charge >= 0.3 is 5.97 Å². The molecule has 0 radical (unpaired) electrons. The number of nitrogens with zero attached hydrogens (tertiary/aromatic N) is 2. The van der Waals surface area contributed by atoms with Gasteiger partial charge in [-0.1, -0.05) is 13.0 Å². The van der Waals surface area contributed by atoms with Crippen LogP contribution in [0.1, 0.15) is 47.1 Å². The van der Waals surface area contributed by atoms with Crippen molar-refractivity contribution in [2.75, 3.05) is 11.9 Å². The van der Waals surface area contributed by atoms with Crippen molar-refractivity contribution in [1.82, 2.24) is 9.55 Å². The molecule has 1 atom stereocenters. The molecule has 152 valence electrons. The number of fused-ring (bicyclic) bond motifs is 1. The average Bonchev–Trinajstić information content (AvgIpc) is 2.99. The molecule has 0 saturated heterocycles. The molecule has 1 aromatic carbocycles. The number of anilines is 1. The molecule has 1 amide bonds. The number of nitrogens with one attached hydrogen (secondary N) is 1. The molecule has 1 N–H and O–H groups in total. The monoisotopic (exact) mass is 413 g/mol. The lowest BCUT2D eigenvalue weighted by atomic mass is 10.1. The van der Waals surface area contributed by atoms with E-state index in [1.165, 1.54) is 22.2 Å². The minimum atomic E-state index is -0.717. The van der Waals surface area contributed by atoms with E-state index < -0.39 is 12.0 Å². The van der Waals surface area contributed by atoms with Crippen molar-refractivity contribution >= 4 is 39.1 Å². The van der Waals surface area contributed by atoms with Crippen LogP contribution in [0.5, 0.6) is 0 Å². The van der Waals surface area contributed by atoms with Gasteiger partial charge in [0.1, 0.15) is 10.9 Å². The molecule has 2 heterocycles. The van der Waals surface area contributed by atoms with Crippen LogP contribution in [0.2, 0.25) is 0 Å². The molecule has 0 fully saturated rings. The maximum Gasteiger partial charge on any atom is 0.338 e. The van der Waals surface area contributed by atoms with Crippen LogP contribution in [0.4, 0.5) is 5.69 Å². The fraction of sp³-hybridized carbons (Fsp3) is 0.333. The number of hydrogen-bond donors (Lipinski definition) is 1. The van der Waals surface area contributed by atoms with Crippen LogP contribution in [0.25, 0.3) is 10.2 Å². The zero-order valence-electron chi connectivity index (χ0n) is 16.8. The van der Waals surface area contributed by atoms with Gasteiger partial charge in [-0.3, -0.25) is 14.2 Å². The number of rotatable bonds is 6. The molecule has 0 aliphatic rings. The first-order valence-corrected chi connectivity index (χ1v) is 10.2. The summed E-state index contributed by atoms with van der Waals surface area (Å²) in [5.41, 5.74) is 1.49. The molecule has 7 nitrogen and oxygen atoms in total. The van der Waals surface area contributed by atoms with Crippen molar-refractivity contribution in [2.45, 2.75) is 40.2 Å². The van der Waals surface area contributed by atoms with Crippen molar-refractivity contribution in [3.63, 3.8) is 0 Å². The summed E-state index contributed by atoms with van der Waals surface area (Å²) in [5.74, 6) is -0.800. The van der Waals surface area contributed by atoms with Gasteiger partial charge in [-0.15, -0.1) is 11.3 Å². The minimum absolute atomic E-state index is 0.223. The topological polar surface area (TPSA) is 90.3 Å². The summed E-state index contributed by atoms with van der Waals surface area (Å²) in [6.07, 6.45) is 1.85. The number of carbonyl (C=O) groups excluding carboxylic acids is 2. The number of carbonyl (C=O) groups is 2. The SMILES string of the molecule is CCOC(=O)c1cccc(NC(=O)C(CC)n2cnc3sc(C)c(C)c3c2=O)c1. The normalized spacial score (nSPS) is 12.0. The van der Waals surface area contributed by atoms with E-state index in [2.05, 4.69) is 10.3 Å². The van der Waals surface area contributed by atoms with Gasteiger partial charge in [0.05, 0.1) is 23.9 Å². The van der Waals surface area contributed by atoms with Crippen LogP contribution >= 0.6 is 11.3 Å². The number of amides is 1. The lowest BCUT2D eigenvalue weighted by Crippen LogP contribution is -2.33. The Balaban J connectivity index is 1.90. The van der Waals surface area contributed by atoms with E-state index in [4.69, 9.17) is 4.74 Å². The van der Waals surface area contributed by atoms with Crippen LogP contribution < -0.4 is 10.9 Å². The molecule has 2 aromatic heterocycles. The number of esters is 1. The molecule has 0 aliphatic carbocycles. The van der Waals surface area contributed by atoms with E-state index in [1.54, 1.807) is 31.2 Å². The Morgan fingerprint density at radius 3 is 2.72 bits per heavy atom. The maximum atomic E-state index is 13.0. The van der Waals surface area contributed by atoms with Gasteiger partial charge < -0.3 is 10.1 Å². The predicted octanol–water partition coefficient (Wildman–Crippen LogP) is 3.84. The number of benzene rings is 1. The Labute approximate surface area is 172 Å². The Kier molecular flexibility index (Phi) is 6.12. The molecule has 29 heavy (non-hydrogen) atoms. The molecule has 0 saturated carbocycles. The maximum absolute atomic E-state index is 13.0. The molecule has 0 spiro atoms. The fourth-order valence-electron chi connectivity index (χ4n) is 3.14. The zero-order chi connectivity index (χ0) is 21.1. The van der Waals surface area contributed by atoms with E-state index in [0.29, 0.717) is 27.9 Å². The highest BCUT2D eigenvalue weighted by Gasteiger charge is 2.23. The second-order valence-electron chi connectivity index (χ2n) is 6.63. The number of aryl methyl sites for hydroxylation is 2. The van der Waals surface area contributed by atoms with Crippen molar-refractivity contribution in [2.24, 2.45) is 0 Å². The summed E-state index contributed by atoms with van der Waals surface area (Å²) in [5, 5.41) is 3.35. The Bertz CT molecular complexity index is 1130. The van der Waals surface area contributed by atoms with Gasteiger partial charge in [0, 0.05) is 10.6 Å². The van der Waals surface area contributed by atoms with E-state index >= 15 is 0 Å². The molecule has 0 aliphatic heterocycles. The fourth-order valence-corrected chi connectivity index (χ4v) is 4.13. The van der Waals surface area contributed by atoms with Crippen LogP contribution in [-0.4, -0.2) is 28.0 Å². The summed E-state index contributed by atoms with van der Waals surface area (Å²) in [6.45, 7) is 7.68. The first kappa shape index (κ1) is 20.7. The smallest absolute Gasteiger partial charge is 0.338 e. The van der Waals surface area contributed by atoms with Crippen molar-refractivity contribution in [1.29, 1.82) is 0 Å². The van der Waals surface area contributed by atoms with Crippen LogP contribution in [-0.2, 0) is 9.53 Å². The number of thiophene rings is 1. The van der Waals surface area contributed by atoms with E-state index in [0.717, 1.165) is 10.4 Å². The minimum Gasteiger partial charge on any atom is -0.462 e. The summed E-state index contributed by atoms with van der Waals surface area (Å²) >= 11 is 1.47. The summed E-state index contributed by atoms with van der Waals surface area (Å²) in [6, 6.07) is 5.81. The Morgan fingerprint density at radius 2 is 2.03 bits per heavy atom. The Morgan fingerprint density at radius 1 is 1.28 bits per heavy atom. The van der Waals surface area contributed by atoms with Gasteiger partial charge in [0.2, 0.25) is 5.91 Å². The summed E-state index contributed by atoms with van der Waals surface area (Å²) < 4.78 is 6.37. The number of aromatic nitrogens is 2. The van der Waals surface area contributed by atoms with Crippen molar-refractivity contribution in [3.8, 4) is 0 Å². The highest BCUT2D eigenvalue weighted by molar-refractivity contribution is 7.18. The van der Waals surface area contributed by atoms with E-state index in [1.807, 2.05) is 20.8 Å². The highest BCUT2D eigenvalue weighted by Crippen LogP contribution is 2.26. The van der Waals surface area contributed by atoms with Gasteiger partial charge in [-0.05, 0) is 51.0 Å². The number of ether oxygens (including phenoxy) is 1. The first-order valence-electron chi connectivity index (χ1n) is 9.42. The molecular weight excluding hydrogens is 390 g/mol. The molecule has 3 aromatic rings. The van der Waals surface area contributed by atoms with Crippen molar-refractivity contribution < 1.29 is 14.3 Å². The molecular formula is C21H23N3O4S. The Hall–Kier alpha value is -3.00. The molecule has 3 rings (SSSR count). The molecule has 1 unspecified atom stereocenters. The predicted molar refractivity (Wildman–Crippen MR) is 114 cm³/mol. The lowest BCUT2D eigenvalue weighted by molar-refractivity contribution is -0.119. The van der Waals surface area contributed by atoms with E-state index in [-0.39, 0.29) is 18.1 Å². The van der Waals surface area contributed by atoms with Crippen LogP contribution in [0, 0.1) is 13.8 Å². The second kappa shape index (κ2) is 8.57. The van der Waals surface area contributed by atoms with Crippen LogP contribution in [0.15, 0.2) is 35.4 Å². The summed E-state index contributed by atoms with van der Waals surface area (Å²) in [7, 11) is 0. The highest BCUT2D eigenvalue weighted by atomic mass is 32.1. The third-order valence-electron chi connectivity index (χ3n) is 4.78. The molecule has 0 bridgehead atoms. The lowest BCUT2D eigenvalue weighted by Gasteiger charge is -2.18. The summed E-state index contributed by atoms with van der Waals surface area (Å²) in [4.78, 5) is 43.9. The van der Waals surface area contributed by atoms with Gasteiger partial charge in [0.15, 0.2) is 0 Å². The van der Waals surface area contributed by atoms with Gasteiger partial charge in [-0.2, -0.15) is 0 Å². The second-order valence-corrected chi connectivity index (χ2v) is 7.84. The van der Waals surface area contributed by atoms with Gasteiger partial charge in [0.25, 0.3) is 5.56 Å². The quantitative estimate of drug-likeness (QED) is 0.620. The third-order valence-corrected chi connectivity index (χ3v) is 5.90. The number of hydrogen-bond acceptors (Lipinski definition) is 6. The van der Waals surface area contributed by atoms with Crippen molar-refractivity contribution in [3.05, 3.63) is 57.0 Å². The largest absolute Gasteiger partial charge is 0.462 e. The van der Waals surface area contributed by atoms with E-state index in [9.17, 15) is 14.4 Å². The van der Waals surface area contributed by atoms with Crippen LogP contribution in [0.3, 0.4) is 0 Å². The van der Waals surface area contributed by atoms with Gasteiger partial charge in [-0.25, -0.2) is 9.78 Å².